The number of carbonyl (C=O) groups is 2. The summed E-state index contributed by atoms with van der Waals surface area (Å²) in [7, 11) is 0. The SMILES string of the molecule is CCOC=C(C(=O)OCC)C(=O)c1cc(OC2Cc3ccccc3C2)cnc1F. The fraction of sp³-hybridized carbons (Fsp3) is 0.318. The van der Waals surface area contributed by atoms with Crippen LogP contribution in [0.4, 0.5) is 4.39 Å². The summed E-state index contributed by atoms with van der Waals surface area (Å²) in [6, 6.07) is 9.28. The molecule has 1 heterocycles. The van der Waals surface area contributed by atoms with Gasteiger partial charge in [-0.05, 0) is 31.0 Å². The molecule has 0 bridgehead atoms. The van der Waals surface area contributed by atoms with E-state index in [1.54, 1.807) is 13.8 Å². The molecule has 0 N–H and O–H groups in total. The first-order chi connectivity index (χ1) is 14.0. The Balaban J connectivity index is 1.81. The summed E-state index contributed by atoms with van der Waals surface area (Å²) in [4.78, 5) is 28.5. The minimum Gasteiger partial charge on any atom is -0.500 e. The average molecular weight is 399 g/mol. The summed E-state index contributed by atoms with van der Waals surface area (Å²) in [5.74, 6) is -2.50. The number of ketones is 1. The number of nitrogens with zero attached hydrogens (tertiary/aromatic N) is 1. The van der Waals surface area contributed by atoms with Crippen LogP contribution in [0.1, 0.15) is 35.3 Å². The van der Waals surface area contributed by atoms with Crippen LogP contribution < -0.4 is 4.74 Å². The molecular formula is C22H22FNO5. The lowest BCUT2D eigenvalue weighted by Crippen LogP contribution is -2.20. The summed E-state index contributed by atoms with van der Waals surface area (Å²) in [6.45, 7) is 3.61. The minimum atomic E-state index is -0.997. The number of aromatic nitrogens is 1. The lowest BCUT2D eigenvalue weighted by Gasteiger charge is -2.14. The molecular weight excluding hydrogens is 377 g/mol. The van der Waals surface area contributed by atoms with Crippen molar-refractivity contribution in [2.24, 2.45) is 0 Å². The van der Waals surface area contributed by atoms with Gasteiger partial charge in [0.2, 0.25) is 11.7 Å². The normalized spacial score (nSPS) is 13.7. The van der Waals surface area contributed by atoms with E-state index in [1.807, 2.05) is 24.3 Å². The maximum atomic E-state index is 14.3. The highest BCUT2D eigenvalue weighted by Crippen LogP contribution is 2.26. The number of pyridine rings is 1. The van der Waals surface area contributed by atoms with Crippen LogP contribution in [0.25, 0.3) is 0 Å². The second kappa shape index (κ2) is 9.32. The number of Topliss-reactive ketones (excluding diaryl/α,β-unsaturated/α-hetero) is 1. The molecule has 0 radical (unpaired) electrons. The monoisotopic (exact) mass is 399 g/mol. The van der Waals surface area contributed by atoms with Crippen LogP contribution in [0.15, 0.2) is 48.4 Å². The second-order valence-electron chi connectivity index (χ2n) is 6.46. The van der Waals surface area contributed by atoms with E-state index >= 15 is 0 Å². The third-order valence-electron chi connectivity index (χ3n) is 4.48. The van der Waals surface area contributed by atoms with E-state index < -0.39 is 23.3 Å². The van der Waals surface area contributed by atoms with Crippen molar-refractivity contribution in [1.29, 1.82) is 0 Å². The van der Waals surface area contributed by atoms with E-state index in [4.69, 9.17) is 14.2 Å². The maximum Gasteiger partial charge on any atom is 0.345 e. The van der Waals surface area contributed by atoms with Gasteiger partial charge in [-0.15, -0.1) is 0 Å². The number of rotatable bonds is 8. The van der Waals surface area contributed by atoms with E-state index in [-0.39, 0.29) is 30.6 Å². The summed E-state index contributed by atoms with van der Waals surface area (Å²) in [6.07, 6.45) is 3.52. The third-order valence-corrected chi connectivity index (χ3v) is 4.48. The Labute approximate surface area is 168 Å². The average Bonchev–Trinajstić information content (AvgIpc) is 3.12. The first-order valence-electron chi connectivity index (χ1n) is 9.46. The van der Waals surface area contributed by atoms with Crippen LogP contribution in [0.3, 0.4) is 0 Å². The topological polar surface area (TPSA) is 74.7 Å². The zero-order valence-electron chi connectivity index (χ0n) is 16.3. The van der Waals surface area contributed by atoms with Gasteiger partial charge in [-0.25, -0.2) is 9.78 Å². The Morgan fingerprint density at radius 1 is 1.17 bits per heavy atom. The first-order valence-corrected chi connectivity index (χ1v) is 9.46. The van der Waals surface area contributed by atoms with Gasteiger partial charge < -0.3 is 14.2 Å². The standard InChI is InChI=1S/C22H22FNO5/c1-3-27-13-19(22(26)28-4-2)20(25)18-11-17(12-24-21(18)23)29-16-9-14-7-5-6-8-15(14)10-16/h5-8,11-13,16H,3-4,9-10H2,1-2H3. The van der Waals surface area contributed by atoms with Gasteiger partial charge in [0.1, 0.15) is 23.7 Å². The highest BCUT2D eigenvalue weighted by atomic mass is 19.1. The molecule has 0 atom stereocenters. The summed E-state index contributed by atoms with van der Waals surface area (Å²) in [5, 5.41) is 0. The van der Waals surface area contributed by atoms with Crippen molar-refractivity contribution in [2.45, 2.75) is 32.8 Å². The summed E-state index contributed by atoms with van der Waals surface area (Å²) in [5.41, 5.74) is 1.62. The highest BCUT2D eigenvalue weighted by Gasteiger charge is 2.27. The van der Waals surface area contributed by atoms with Crippen molar-refractivity contribution in [3.63, 3.8) is 0 Å². The van der Waals surface area contributed by atoms with Gasteiger partial charge in [0.15, 0.2) is 0 Å². The van der Waals surface area contributed by atoms with Gasteiger partial charge in [0.05, 0.1) is 25.0 Å². The largest absolute Gasteiger partial charge is 0.500 e. The number of carbonyl (C=O) groups excluding carboxylic acids is 2. The van der Waals surface area contributed by atoms with Crippen molar-refractivity contribution < 1.29 is 28.2 Å². The fourth-order valence-electron chi connectivity index (χ4n) is 3.16. The van der Waals surface area contributed by atoms with E-state index in [0.29, 0.717) is 0 Å². The van der Waals surface area contributed by atoms with Crippen LogP contribution in [0.2, 0.25) is 0 Å². The lowest BCUT2D eigenvalue weighted by molar-refractivity contribution is -0.138. The zero-order valence-corrected chi connectivity index (χ0v) is 16.3. The second-order valence-corrected chi connectivity index (χ2v) is 6.46. The molecule has 0 unspecified atom stereocenters. The molecule has 1 aliphatic carbocycles. The third kappa shape index (κ3) is 4.80. The van der Waals surface area contributed by atoms with Crippen LogP contribution in [-0.2, 0) is 27.1 Å². The Hall–Kier alpha value is -3.22. The van der Waals surface area contributed by atoms with Crippen molar-refractivity contribution >= 4 is 11.8 Å². The summed E-state index contributed by atoms with van der Waals surface area (Å²) >= 11 is 0. The van der Waals surface area contributed by atoms with Crippen LogP contribution in [-0.4, -0.2) is 36.1 Å². The zero-order chi connectivity index (χ0) is 20.8. The van der Waals surface area contributed by atoms with E-state index in [0.717, 1.165) is 19.1 Å². The quantitative estimate of drug-likeness (QED) is 0.129. The molecule has 1 aliphatic rings. The van der Waals surface area contributed by atoms with E-state index in [2.05, 4.69) is 4.98 Å². The number of halogens is 1. The van der Waals surface area contributed by atoms with Crippen LogP contribution in [0, 0.1) is 5.95 Å². The van der Waals surface area contributed by atoms with Gasteiger partial charge in [0.25, 0.3) is 0 Å². The lowest BCUT2D eigenvalue weighted by atomic mass is 10.1. The molecule has 7 heteroatoms. The Morgan fingerprint density at radius 2 is 1.86 bits per heavy atom. The molecule has 0 amide bonds. The van der Waals surface area contributed by atoms with Crippen LogP contribution >= 0.6 is 0 Å². The van der Waals surface area contributed by atoms with Gasteiger partial charge in [-0.1, -0.05) is 24.3 Å². The Morgan fingerprint density at radius 3 is 2.48 bits per heavy atom. The molecule has 1 aromatic heterocycles. The predicted molar refractivity (Wildman–Crippen MR) is 103 cm³/mol. The molecule has 29 heavy (non-hydrogen) atoms. The molecule has 0 aliphatic heterocycles. The molecule has 0 saturated heterocycles. The molecule has 3 rings (SSSR count). The van der Waals surface area contributed by atoms with Crippen molar-refractivity contribution in [3.05, 3.63) is 71.0 Å². The molecule has 0 fully saturated rings. The molecule has 2 aromatic rings. The Kier molecular flexibility index (Phi) is 6.59. The number of hydrogen-bond acceptors (Lipinski definition) is 6. The minimum absolute atomic E-state index is 0.0711. The van der Waals surface area contributed by atoms with Crippen molar-refractivity contribution in [3.8, 4) is 5.75 Å². The predicted octanol–water partition coefficient (Wildman–Crippen LogP) is 3.43. The molecule has 1 aromatic carbocycles. The van der Waals surface area contributed by atoms with E-state index in [9.17, 15) is 14.0 Å². The van der Waals surface area contributed by atoms with Crippen LogP contribution in [0.5, 0.6) is 5.75 Å². The van der Waals surface area contributed by atoms with Crippen molar-refractivity contribution in [1.82, 2.24) is 4.98 Å². The molecule has 6 nitrogen and oxygen atoms in total. The van der Waals surface area contributed by atoms with E-state index in [1.165, 1.54) is 23.4 Å². The highest BCUT2D eigenvalue weighted by molar-refractivity contribution is 6.24. The maximum absolute atomic E-state index is 14.3. The smallest absolute Gasteiger partial charge is 0.345 e. The number of fused-ring (bicyclic) bond motifs is 1. The first kappa shape index (κ1) is 20.5. The molecule has 0 spiro atoms. The number of hydrogen-bond donors (Lipinski definition) is 0. The molecule has 152 valence electrons. The van der Waals surface area contributed by atoms with Gasteiger partial charge in [-0.3, -0.25) is 4.79 Å². The van der Waals surface area contributed by atoms with Gasteiger partial charge in [-0.2, -0.15) is 4.39 Å². The Bertz CT molecular complexity index is 916. The summed E-state index contributed by atoms with van der Waals surface area (Å²) < 4.78 is 30.1. The number of esters is 1. The molecule has 0 saturated carbocycles. The number of ether oxygens (including phenoxy) is 3. The van der Waals surface area contributed by atoms with Gasteiger partial charge >= 0.3 is 5.97 Å². The van der Waals surface area contributed by atoms with Gasteiger partial charge in [0, 0.05) is 12.8 Å². The number of benzene rings is 1. The van der Waals surface area contributed by atoms with Crippen molar-refractivity contribution in [2.75, 3.05) is 13.2 Å². The fourth-order valence-corrected chi connectivity index (χ4v) is 3.16.